The highest BCUT2D eigenvalue weighted by Crippen LogP contribution is 2.32. The molecule has 7 heteroatoms. The lowest BCUT2D eigenvalue weighted by Crippen LogP contribution is -2.52. The summed E-state index contributed by atoms with van der Waals surface area (Å²) in [4.78, 5) is 27.6. The van der Waals surface area contributed by atoms with Gasteiger partial charge in [-0.25, -0.2) is 0 Å². The number of fused-ring (bicyclic) bond motifs is 1. The lowest BCUT2D eigenvalue weighted by atomic mass is 10.1. The number of hydrogen-bond acceptors (Lipinski definition) is 4. The van der Waals surface area contributed by atoms with E-state index in [2.05, 4.69) is 5.32 Å². The summed E-state index contributed by atoms with van der Waals surface area (Å²) in [5.41, 5.74) is 1.51. The molecule has 0 saturated carbocycles. The van der Waals surface area contributed by atoms with Gasteiger partial charge in [-0.1, -0.05) is 29.8 Å². The van der Waals surface area contributed by atoms with Crippen LogP contribution in [0.4, 0.5) is 0 Å². The molecule has 3 rings (SSSR count). The van der Waals surface area contributed by atoms with Gasteiger partial charge in [0.25, 0.3) is 0 Å². The minimum Gasteiger partial charge on any atom is -0.454 e. The Kier molecular flexibility index (Phi) is 7.11. The highest BCUT2D eigenvalue weighted by atomic mass is 35.5. The molecule has 6 nitrogen and oxygen atoms in total. The fraction of sp³-hybridized carbons (Fsp3) is 0.417. The van der Waals surface area contributed by atoms with Gasteiger partial charge >= 0.3 is 0 Å². The fourth-order valence-corrected chi connectivity index (χ4v) is 3.46. The molecule has 31 heavy (non-hydrogen) atoms. The molecule has 0 unspecified atom stereocenters. The third-order valence-electron chi connectivity index (χ3n) is 5.00. The van der Waals surface area contributed by atoms with Crippen molar-refractivity contribution in [1.29, 1.82) is 0 Å². The smallest absolute Gasteiger partial charge is 0.242 e. The fourth-order valence-electron chi connectivity index (χ4n) is 3.33. The molecule has 1 atom stereocenters. The first-order valence-electron chi connectivity index (χ1n) is 10.4. The van der Waals surface area contributed by atoms with Gasteiger partial charge in [-0.2, -0.15) is 0 Å². The summed E-state index contributed by atoms with van der Waals surface area (Å²) in [7, 11) is 0. The number of carbonyl (C=O) groups is 2. The third kappa shape index (κ3) is 6.37. The topological polar surface area (TPSA) is 67.9 Å². The van der Waals surface area contributed by atoms with Crippen LogP contribution in [0.3, 0.4) is 0 Å². The number of aryl methyl sites for hydroxylation is 1. The van der Waals surface area contributed by atoms with Crippen LogP contribution in [-0.2, 0) is 22.6 Å². The van der Waals surface area contributed by atoms with E-state index in [9.17, 15) is 9.59 Å². The SMILES string of the molecule is C[C@H](C(=O)NC(C)(C)C)N(Cc1ccc(Cl)cc1)C(=O)CCc1ccc2c(c1)OCO2. The monoisotopic (exact) mass is 444 g/mol. The Morgan fingerprint density at radius 2 is 1.71 bits per heavy atom. The summed E-state index contributed by atoms with van der Waals surface area (Å²) in [6.45, 7) is 8.06. The Bertz CT molecular complexity index is 938. The first kappa shape index (κ1) is 22.9. The quantitative estimate of drug-likeness (QED) is 0.690. The number of hydrogen-bond donors (Lipinski definition) is 1. The van der Waals surface area contributed by atoms with Gasteiger partial charge in [-0.15, -0.1) is 0 Å². The molecule has 1 aliphatic heterocycles. The summed E-state index contributed by atoms with van der Waals surface area (Å²) in [5, 5.41) is 3.59. The molecule has 1 N–H and O–H groups in total. The number of nitrogens with one attached hydrogen (secondary N) is 1. The molecule has 0 aliphatic carbocycles. The Morgan fingerprint density at radius 1 is 1.06 bits per heavy atom. The third-order valence-corrected chi connectivity index (χ3v) is 5.25. The van der Waals surface area contributed by atoms with Crippen molar-refractivity contribution in [2.75, 3.05) is 6.79 Å². The van der Waals surface area contributed by atoms with Gasteiger partial charge in [0.2, 0.25) is 18.6 Å². The van der Waals surface area contributed by atoms with Crippen molar-refractivity contribution in [2.45, 2.75) is 58.7 Å². The van der Waals surface area contributed by atoms with Crippen LogP contribution in [0, 0.1) is 0 Å². The lowest BCUT2D eigenvalue weighted by molar-refractivity contribution is -0.141. The molecule has 0 spiro atoms. The normalized spacial score (nSPS) is 13.6. The zero-order valence-corrected chi connectivity index (χ0v) is 19.2. The maximum Gasteiger partial charge on any atom is 0.242 e. The van der Waals surface area contributed by atoms with Gasteiger partial charge in [-0.3, -0.25) is 9.59 Å². The van der Waals surface area contributed by atoms with Crippen LogP contribution in [0.25, 0.3) is 0 Å². The van der Waals surface area contributed by atoms with Crippen LogP contribution in [0.2, 0.25) is 5.02 Å². The van der Waals surface area contributed by atoms with Crippen LogP contribution in [0.5, 0.6) is 11.5 Å². The molecule has 2 amide bonds. The summed E-state index contributed by atoms with van der Waals surface area (Å²) in [5.74, 6) is 1.13. The molecule has 0 radical (unpaired) electrons. The molecule has 0 aromatic heterocycles. The minimum absolute atomic E-state index is 0.0934. The molecule has 0 fully saturated rings. The first-order chi connectivity index (χ1) is 14.6. The number of carbonyl (C=O) groups excluding carboxylic acids is 2. The van der Waals surface area contributed by atoms with E-state index in [0.717, 1.165) is 11.1 Å². The van der Waals surface area contributed by atoms with E-state index in [0.29, 0.717) is 29.5 Å². The van der Waals surface area contributed by atoms with Crippen molar-refractivity contribution in [2.24, 2.45) is 0 Å². The number of amides is 2. The van der Waals surface area contributed by atoms with Crippen LogP contribution in [0.1, 0.15) is 45.2 Å². The summed E-state index contributed by atoms with van der Waals surface area (Å²) < 4.78 is 10.8. The van der Waals surface area contributed by atoms with Crippen LogP contribution < -0.4 is 14.8 Å². The van der Waals surface area contributed by atoms with Gasteiger partial charge < -0.3 is 19.7 Å². The molecular formula is C24H29ClN2O4. The van der Waals surface area contributed by atoms with Crippen molar-refractivity contribution in [3.8, 4) is 11.5 Å². The molecule has 0 saturated heterocycles. The second-order valence-electron chi connectivity index (χ2n) is 8.75. The highest BCUT2D eigenvalue weighted by Gasteiger charge is 2.28. The standard InChI is InChI=1S/C24H29ClN2O4/c1-16(23(29)26-24(2,3)4)27(14-18-5-9-19(25)10-6-18)22(28)12-8-17-7-11-20-21(13-17)31-15-30-20/h5-7,9-11,13,16H,8,12,14-15H2,1-4H3,(H,26,29)/t16-/m1/s1. The van der Waals surface area contributed by atoms with E-state index in [1.54, 1.807) is 24.0 Å². The molecule has 1 heterocycles. The minimum atomic E-state index is -0.612. The van der Waals surface area contributed by atoms with Crippen LogP contribution in [0.15, 0.2) is 42.5 Å². The largest absolute Gasteiger partial charge is 0.454 e. The molecule has 0 bridgehead atoms. The van der Waals surface area contributed by atoms with Crippen molar-refractivity contribution in [3.05, 3.63) is 58.6 Å². The second-order valence-corrected chi connectivity index (χ2v) is 9.19. The van der Waals surface area contributed by atoms with Gasteiger partial charge in [0, 0.05) is 23.5 Å². The van der Waals surface area contributed by atoms with E-state index in [1.807, 2.05) is 51.1 Å². The van der Waals surface area contributed by atoms with Crippen LogP contribution >= 0.6 is 11.6 Å². The molecule has 2 aromatic rings. The van der Waals surface area contributed by atoms with Crippen molar-refractivity contribution in [1.82, 2.24) is 10.2 Å². The number of rotatable bonds is 7. The van der Waals surface area contributed by atoms with Gasteiger partial charge in [0.15, 0.2) is 11.5 Å². The van der Waals surface area contributed by atoms with E-state index in [4.69, 9.17) is 21.1 Å². The Hall–Kier alpha value is -2.73. The first-order valence-corrected chi connectivity index (χ1v) is 10.7. The van der Waals surface area contributed by atoms with Crippen molar-refractivity contribution < 1.29 is 19.1 Å². The predicted octanol–water partition coefficient (Wildman–Crippen LogP) is 4.33. The average molecular weight is 445 g/mol. The van der Waals surface area contributed by atoms with E-state index >= 15 is 0 Å². The maximum atomic E-state index is 13.2. The Morgan fingerprint density at radius 3 is 2.39 bits per heavy atom. The lowest BCUT2D eigenvalue weighted by Gasteiger charge is -2.31. The molecule has 1 aliphatic rings. The summed E-state index contributed by atoms with van der Waals surface area (Å²) in [6, 6.07) is 12.4. The second kappa shape index (κ2) is 9.60. The number of nitrogens with zero attached hydrogens (tertiary/aromatic N) is 1. The van der Waals surface area contributed by atoms with Crippen molar-refractivity contribution >= 4 is 23.4 Å². The average Bonchev–Trinajstić information content (AvgIpc) is 3.17. The van der Waals surface area contributed by atoms with Gasteiger partial charge in [0.05, 0.1) is 0 Å². The zero-order chi connectivity index (χ0) is 22.6. The van der Waals surface area contributed by atoms with E-state index < -0.39 is 6.04 Å². The number of halogens is 1. The van der Waals surface area contributed by atoms with Crippen molar-refractivity contribution in [3.63, 3.8) is 0 Å². The highest BCUT2D eigenvalue weighted by molar-refractivity contribution is 6.30. The van der Waals surface area contributed by atoms with Crippen LogP contribution in [-0.4, -0.2) is 35.1 Å². The molecule has 2 aromatic carbocycles. The predicted molar refractivity (Wildman–Crippen MR) is 120 cm³/mol. The Balaban J connectivity index is 1.72. The van der Waals surface area contributed by atoms with E-state index in [1.165, 1.54) is 0 Å². The van der Waals surface area contributed by atoms with Gasteiger partial charge in [-0.05, 0) is 69.5 Å². The maximum absolute atomic E-state index is 13.2. The summed E-state index contributed by atoms with van der Waals surface area (Å²) >= 11 is 5.99. The summed E-state index contributed by atoms with van der Waals surface area (Å²) in [6.07, 6.45) is 0.820. The number of benzene rings is 2. The number of ether oxygens (including phenoxy) is 2. The van der Waals surface area contributed by atoms with E-state index in [-0.39, 0.29) is 30.6 Å². The molecule has 166 valence electrons. The Labute approximate surface area is 188 Å². The zero-order valence-electron chi connectivity index (χ0n) is 18.4. The molecular weight excluding hydrogens is 416 g/mol. The van der Waals surface area contributed by atoms with Gasteiger partial charge in [0.1, 0.15) is 6.04 Å².